The van der Waals surface area contributed by atoms with Gasteiger partial charge in [0.1, 0.15) is 12.4 Å². The molecule has 0 heterocycles. The van der Waals surface area contributed by atoms with Gasteiger partial charge >= 0.3 is 0 Å². The summed E-state index contributed by atoms with van der Waals surface area (Å²) in [5, 5.41) is 3.38. The molecule has 0 spiro atoms. The van der Waals surface area contributed by atoms with Gasteiger partial charge in [-0.15, -0.1) is 0 Å². The molecule has 15 heavy (non-hydrogen) atoms. The van der Waals surface area contributed by atoms with Crippen LogP contribution in [0.4, 0.5) is 0 Å². The van der Waals surface area contributed by atoms with Crippen LogP contribution < -0.4 is 10.1 Å². The van der Waals surface area contributed by atoms with Gasteiger partial charge in [0, 0.05) is 12.1 Å². The first kappa shape index (κ1) is 12.1. The summed E-state index contributed by atoms with van der Waals surface area (Å²) in [6.07, 6.45) is 0. The zero-order valence-corrected chi connectivity index (χ0v) is 10.1. The minimum atomic E-state index is 0.163. The molecule has 0 aromatic heterocycles. The predicted octanol–water partition coefficient (Wildman–Crippen LogP) is 2.76. The summed E-state index contributed by atoms with van der Waals surface area (Å²) in [5.74, 6) is 0.941. The number of aryl methyl sites for hydroxylation is 1. The third kappa shape index (κ3) is 5.43. The van der Waals surface area contributed by atoms with Gasteiger partial charge in [-0.05, 0) is 39.8 Å². The summed E-state index contributed by atoms with van der Waals surface area (Å²) in [7, 11) is 0. The lowest BCUT2D eigenvalue weighted by molar-refractivity contribution is 0.291. The molecule has 0 aliphatic rings. The van der Waals surface area contributed by atoms with Crippen molar-refractivity contribution in [2.75, 3.05) is 13.2 Å². The van der Waals surface area contributed by atoms with Crippen LogP contribution in [0, 0.1) is 6.92 Å². The Morgan fingerprint density at radius 2 is 1.73 bits per heavy atom. The Labute approximate surface area is 92.6 Å². The Morgan fingerprint density at radius 3 is 2.27 bits per heavy atom. The van der Waals surface area contributed by atoms with E-state index in [0.29, 0.717) is 6.61 Å². The molecular formula is C13H21NO. The van der Waals surface area contributed by atoms with E-state index in [0.717, 1.165) is 12.3 Å². The first-order chi connectivity index (χ1) is 6.97. The Morgan fingerprint density at radius 1 is 1.13 bits per heavy atom. The minimum absolute atomic E-state index is 0.163. The average Bonchev–Trinajstić information content (AvgIpc) is 2.14. The van der Waals surface area contributed by atoms with E-state index >= 15 is 0 Å². The lowest BCUT2D eigenvalue weighted by Crippen LogP contribution is -2.38. The molecule has 2 nitrogen and oxygen atoms in total. The number of hydrogen-bond donors (Lipinski definition) is 1. The maximum absolute atomic E-state index is 5.59. The van der Waals surface area contributed by atoms with Crippen molar-refractivity contribution in [3.05, 3.63) is 29.8 Å². The van der Waals surface area contributed by atoms with E-state index in [1.165, 1.54) is 5.56 Å². The van der Waals surface area contributed by atoms with Gasteiger partial charge in [-0.3, -0.25) is 0 Å². The molecule has 1 rings (SSSR count). The van der Waals surface area contributed by atoms with Crippen molar-refractivity contribution in [2.24, 2.45) is 0 Å². The molecule has 84 valence electrons. The van der Waals surface area contributed by atoms with Crippen molar-refractivity contribution in [1.29, 1.82) is 0 Å². The first-order valence-electron chi connectivity index (χ1n) is 5.42. The van der Waals surface area contributed by atoms with Crippen molar-refractivity contribution in [3.8, 4) is 5.75 Å². The number of ether oxygens (including phenoxy) is 1. The molecule has 0 aliphatic heterocycles. The maximum atomic E-state index is 5.59. The summed E-state index contributed by atoms with van der Waals surface area (Å²) < 4.78 is 5.59. The summed E-state index contributed by atoms with van der Waals surface area (Å²) in [5.41, 5.74) is 1.42. The molecule has 1 aromatic carbocycles. The lowest BCUT2D eigenvalue weighted by Gasteiger charge is -2.20. The third-order valence-electron chi connectivity index (χ3n) is 2.05. The molecule has 0 aliphatic carbocycles. The van der Waals surface area contributed by atoms with Crippen LogP contribution >= 0.6 is 0 Å². The van der Waals surface area contributed by atoms with Gasteiger partial charge in [-0.2, -0.15) is 0 Å². The highest BCUT2D eigenvalue weighted by atomic mass is 16.5. The molecule has 1 aromatic rings. The summed E-state index contributed by atoms with van der Waals surface area (Å²) in [4.78, 5) is 0. The molecule has 0 fully saturated rings. The van der Waals surface area contributed by atoms with Crippen molar-refractivity contribution < 1.29 is 4.74 Å². The smallest absolute Gasteiger partial charge is 0.119 e. The zero-order chi connectivity index (χ0) is 11.3. The molecule has 0 amide bonds. The van der Waals surface area contributed by atoms with Crippen LogP contribution in [0.25, 0.3) is 0 Å². The summed E-state index contributed by atoms with van der Waals surface area (Å²) in [6, 6.07) is 8.14. The highest BCUT2D eigenvalue weighted by molar-refractivity contribution is 5.26. The molecule has 0 saturated carbocycles. The van der Waals surface area contributed by atoms with Crippen molar-refractivity contribution in [3.63, 3.8) is 0 Å². The van der Waals surface area contributed by atoms with Crippen molar-refractivity contribution in [1.82, 2.24) is 5.32 Å². The fourth-order valence-corrected chi connectivity index (χ4v) is 1.23. The Kier molecular flexibility index (Phi) is 4.15. The Hall–Kier alpha value is -1.02. The van der Waals surface area contributed by atoms with Gasteiger partial charge in [0.2, 0.25) is 0 Å². The van der Waals surface area contributed by atoms with E-state index in [4.69, 9.17) is 4.74 Å². The molecular weight excluding hydrogens is 186 g/mol. The second kappa shape index (κ2) is 5.17. The third-order valence-corrected chi connectivity index (χ3v) is 2.05. The Balaban J connectivity index is 2.23. The van der Waals surface area contributed by atoms with Gasteiger partial charge in [-0.1, -0.05) is 17.7 Å². The van der Waals surface area contributed by atoms with E-state index in [2.05, 4.69) is 45.1 Å². The number of benzene rings is 1. The molecule has 1 N–H and O–H groups in total. The number of nitrogens with one attached hydrogen (secondary N) is 1. The van der Waals surface area contributed by atoms with Gasteiger partial charge < -0.3 is 10.1 Å². The summed E-state index contributed by atoms with van der Waals surface area (Å²) >= 11 is 0. The molecule has 0 saturated heterocycles. The lowest BCUT2D eigenvalue weighted by atomic mass is 10.1. The molecule has 0 radical (unpaired) electrons. The highest BCUT2D eigenvalue weighted by Crippen LogP contribution is 2.10. The van der Waals surface area contributed by atoms with E-state index < -0.39 is 0 Å². The van der Waals surface area contributed by atoms with Crippen LogP contribution in [0.2, 0.25) is 0 Å². The molecule has 2 heteroatoms. The van der Waals surface area contributed by atoms with Crippen LogP contribution in [0.3, 0.4) is 0 Å². The first-order valence-corrected chi connectivity index (χ1v) is 5.42. The fraction of sp³-hybridized carbons (Fsp3) is 0.538. The van der Waals surface area contributed by atoms with E-state index in [-0.39, 0.29) is 5.54 Å². The minimum Gasteiger partial charge on any atom is -0.492 e. The molecule has 0 bridgehead atoms. The second-order valence-electron chi connectivity index (χ2n) is 4.84. The van der Waals surface area contributed by atoms with Crippen LogP contribution in [0.1, 0.15) is 26.3 Å². The maximum Gasteiger partial charge on any atom is 0.119 e. The molecule has 0 unspecified atom stereocenters. The van der Waals surface area contributed by atoms with Gasteiger partial charge in [-0.25, -0.2) is 0 Å². The van der Waals surface area contributed by atoms with Gasteiger partial charge in [0.15, 0.2) is 0 Å². The zero-order valence-electron chi connectivity index (χ0n) is 10.1. The Bertz CT molecular complexity index is 284. The normalized spacial score (nSPS) is 11.5. The predicted molar refractivity (Wildman–Crippen MR) is 64.4 cm³/mol. The summed E-state index contributed by atoms with van der Waals surface area (Å²) in [6.45, 7) is 10.1. The van der Waals surface area contributed by atoms with E-state index in [1.54, 1.807) is 0 Å². The van der Waals surface area contributed by atoms with Crippen LogP contribution in [0.15, 0.2) is 24.3 Å². The van der Waals surface area contributed by atoms with Crippen LogP contribution in [0.5, 0.6) is 5.75 Å². The second-order valence-corrected chi connectivity index (χ2v) is 4.84. The monoisotopic (exact) mass is 207 g/mol. The fourth-order valence-electron chi connectivity index (χ4n) is 1.23. The highest BCUT2D eigenvalue weighted by Gasteiger charge is 2.07. The van der Waals surface area contributed by atoms with Gasteiger partial charge in [0.05, 0.1) is 0 Å². The topological polar surface area (TPSA) is 21.3 Å². The largest absolute Gasteiger partial charge is 0.492 e. The van der Waals surface area contributed by atoms with Crippen LogP contribution in [-0.4, -0.2) is 18.7 Å². The average molecular weight is 207 g/mol. The SMILES string of the molecule is Cc1ccc(OCCNC(C)(C)C)cc1. The molecule has 0 atom stereocenters. The quantitative estimate of drug-likeness (QED) is 0.767. The van der Waals surface area contributed by atoms with E-state index in [1.807, 2.05) is 12.1 Å². The van der Waals surface area contributed by atoms with Crippen LogP contribution in [-0.2, 0) is 0 Å². The van der Waals surface area contributed by atoms with Crippen molar-refractivity contribution in [2.45, 2.75) is 33.2 Å². The number of hydrogen-bond acceptors (Lipinski definition) is 2. The van der Waals surface area contributed by atoms with E-state index in [9.17, 15) is 0 Å². The number of rotatable bonds is 4. The van der Waals surface area contributed by atoms with Gasteiger partial charge in [0.25, 0.3) is 0 Å². The standard InChI is InChI=1S/C13H21NO/c1-11-5-7-12(8-6-11)15-10-9-14-13(2,3)4/h5-8,14H,9-10H2,1-4H3. The van der Waals surface area contributed by atoms with Crippen molar-refractivity contribution >= 4 is 0 Å².